The van der Waals surface area contributed by atoms with E-state index in [1.54, 1.807) is 21.6 Å². The van der Waals surface area contributed by atoms with Crippen LogP contribution in [0, 0.1) is 0 Å². The number of hydrogen-bond acceptors (Lipinski definition) is 4. The van der Waals surface area contributed by atoms with Gasteiger partial charge in [0.2, 0.25) is 0 Å². The molecule has 0 unspecified atom stereocenters. The normalized spacial score (nSPS) is 23.3. The van der Waals surface area contributed by atoms with E-state index >= 15 is 0 Å². The van der Waals surface area contributed by atoms with Crippen molar-refractivity contribution in [3.05, 3.63) is 52.6 Å². The van der Waals surface area contributed by atoms with Gasteiger partial charge in [-0.25, -0.2) is 0 Å². The fraction of sp³-hybridized carbons (Fsp3) is 0.455. The molecular formula is C22H26O2S2. The maximum absolute atomic E-state index is 11.0. The summed E-state index contributed by atoms with van der Waals surface area (Å²) in [4.78, 5) is 0.939. The molecule has 0 fully saturated rings. The maximum atomic E-state index is 11.0. The molecule has 4 heteroatoms. The number of phenolic OH excluding ortho intramolecular Hbond substituents is 2. The van der Waals surface area contributed by atoms with Crippen LogP contribution in [-0.2, 0) is 15.6 Å². The van der Waals surface area contributed by atoms with E-state index in [1.807, 2.05) is 12.1 Å². The van der Waals surface area contributed by atoms with Crippen LogP contribution in [0.3, 0.4) is 0 Å². The van der Waals surface area contributed by atoms with Gasteiger partial charge in [0.25, 0.3) is 0 Å². The Morgan fingerprint density at radius 1 is 1.08 bits per heavy atom. The molecule has 1 aliphatic carbocycles. The Bertz CT molecular complexity index is 901. The molecule has 2 aromatic carbocycles. The molecule has 0 radical (unpaired) electrons. The van der Waals surface area contributed by atoms with Gasteiger partial charge in [-0.2, -0.15) is 0 Å². The number of phenols is 2. The zero-order valence-electron chi connectivity index (χ0n) is 16.0. The zero-order chi connectivity index (χ0) is 18.9. The van der Waals surface area contributed by atoms with Crippen molar-refractivity contribution in [1.82, 2.24) is 0 Å². The van der Waals surface area contributed by atoms with Crippen molar-refractivity contribution in [3.8, 4) is 11.5 Å². The topological polar surface area (TPSA) is 40.5 Å². The van der Waals surface area contributed by atoms with Gasteiger partial charge in [0.15, 0.2) is 0 Å². The summed E-state index contributed by atoms with van der Waals surface area (Å²) in [6.07, 6.45) is 1.89. The highest BCUT2D eigenvalue weighted by Gasteiger charge is 2.50. The van der Waals surface area contributed by atoms with E-state index in [2.05, 4.69) is 52.8 Å². The Morgan fingerprint density at radius 2 is 1.81 bits per heavy atom. The van der Waals surface area contributed by atoms with E-state index in [1.165, 1.54) is 11.1 Å². The first-order chi connectivity index (χ1) is 12.1. The highest BCUT2D eigenvalue weighted by Crippen LogP contribution is 2.67. The van der Waals surface area contributed by atoms with Gasteiger partial charge in [-0.15, -0.1) is 0 Å². The Hall–Kier alpha value is -1.26. The fourth-order valence-electron chi connectivity index (χ4n) is 4.15. The lowest BCUT2D eigenvalue weighted by atomic mass is 9.66. The van der Waals surface area contributed by atoms with Gasteiger partial charge in [-0.05, 0) is 59.1 Å². The van der Waals surface area contributed by atoms with E-state index < -0.39 is 4.75 Å². The third kappa shape index (κ3) is 2.41. The number of fused-ring (bicyclic) bond motifs is 6. The SMILES string of the molecule is CCC(C)(C)c1cc2c(O)c(c1)[C@@]1(CC(C)(C)c3ccc(O)c1c3)SS2. The molecule has 26 heavy (non-hydrogen) atoms. The molecule has 1 heterocycles. The highest BCUT2D eigenvalue weighted by atomic mass is 33.1. The number of benzene rings is 2. The Balaban J connectivity index is 2.01. The first-order valence-corrected chi connectivity index (χ1v) is 11.3. The summed E-state index contributed by atoms with van der Waals surface area (Å²) in [5.41, 5.74) is 4.42. The van der Waals surface area contributed by atoms with Crippen LogP contribution >= 0.6 is 21.6 Å². The Kier molecular flexibility index (Phi) is 3.92. The first kappa shape index (κ1) is 18.1. The van der Waals surface area contributed by atoms with Crippen LogP contribution in [-0.4, -0.2) is 10.2 Å². The molecule has 0 saturated carbocycles. The molecular weight excluding hydrogens is 360 g/mol. The summed E-state index contributed by atoms with van der Waals surface area (Å²) in [6, 6.07) is 10.3. The van der Waals surface area contributed by atoms with E-state index in [0.717, 1.165) is 28.9 Å². The lowest BCUT2D eigenvalue weighted by Crippen LogP contribution is -2.38. The molecule has 1 spiro atoms. The summed E-state index contributed by atoms with van der Waals surface area (Å²) < 4.78 is -0.427. The lowest BCUT2D eigenvalue weighted by molar-refractivity contribution is 0.377. The summed E-state index contributed by atoms with van der Waals surface area (Å²) in [6.45, 7) is 11.2. The molecule has 2 aliphatic rings. The van der Waals surface area contributed by atoms with Crippen LogP contribution in [0.1, 0.15) is 69.7 Å². The smallest absolute Gasteiger partial charge is 0.134 e. The fourth-order valence-corrected chi connectivity index (χ4v) is 7.46. The van der Waals surface area contributed by atoms with Crippen molar-refractivity contribution < 1.29 is 10.2 Å². The van der Waals surface area contributed by atoms with Gasteiger partial charge in [0.05, 0.1) is 9.64 Å². The molecule has 2 nitrogen and oxygen atoms in total. The van der Waals surface area contributed by atoms with Crippen LogP contribution in [0.15, 0.2) is 35.2 Å². The molecule has 1 aliphatic heterocycles. The molecule has 0 aromatic heterocycles. The van der Waals surface area contributed by atoms with Gasteiger partial charge >= 0.3 is 0 Å². The number of hydrogen-bond donors (Lipinski definition) is 2. The van der Waals surface area contributed by atoms with E-state index in [0.29, 0.717) is 11.5 Å². The first-order valence-electron chi connectivity index (χ1n) is 9.18. The second-order valence-corrected chi connectivity index (χ2v) is 11.4. The molecule has 0 amide bonds. The summed E-state index contributed by atoms with van der Waals surface area (Å²) in [7, 11) is 3.41. The minimum absolute atomic E-state index is 0.0194. The molecule has 0 saturated heterocycles. The van der Waals surface area contributed by atoms with Crippen LogP contribution < -0.4 is 0 Å². The van der Waals surface area contributed by atoms with Crippen molar-refractivity contribution >= 4 is 21.6 Å². The van der Waals surface area contributed by atoms with Crippen molar-refractivity contribution in [2.75, 3.05) is 0 Å². The summed E-state index contributed by atoms with van der Waals surface area (Å²) in [5, 5.41) is 21.7. The average Bonchev–Trinajstić information content (AvgIpc) is 2.57. The second-order valence-electron chi connectivity index (χ2n) is 8.89. The Morgan fingerprint density at radius 3 is 2.50 bits per heavy atom. The monoisotopic (exact) mass is 386 g/mol. The molecule has 138 valence electrons. The van der Waals surface area contributed by atoms with Crippen molar-refractivity contribution in [1.29, 1.82) is 0 Å². The molecule has 4 rings (SSSR count). The van der Waals surface area contributed by atoms with Crippen LogP contribution in [0.5, 0.6) is 11.5 Å². The molecule has 4 bridgehead atoms. The lowest BCUT2D eigenvalue weighted by Gasteiger charge is -2.47. The number of rotatable bonds is 2. The predicted octanol–water partition coefficient (Wildman–Crippen LogP) is 6.46. The third-order valence-electron chi connectivity index (χ3n) is 6.35. The van der Waals surface area contributed by atoms with Crippen molar-refractivity contribution in [2.24, 2.45) is 0 Å². The van der Waals surface area contributed by atoms with Gasteiger partial charge < -0.3 is 10.2 Å². The van der Waals surface area contributed by atoms with Gasteiger partial charge in [0.1, 0.15) is 11.5 Å². The van der Waals surface area contributed by atoms with E-state index in [4.69, 9.17) is 0 Å². The number of aromatic hydroxyl groups is 2. The van der Waals surface area contributed by atoms with Crippen LogP contribution in [0.2, 0.25) is 0 Å². The van der Waals surface area contributed by atoms with E-state index in [9.17, 15) is 10.2 Å². The summed E-state index contributed by atoms with van der Waals surface area (Å²) >= 11 is 0. The molecule has 1 atom stereocenters. The minimum Gasteiger partial charge on any atom is -0.508 e. The van der Waals surface area contributed by atoms with Crippen LogP contribution in [0.4, 0.5) is 0 Å². The van der Waals surface area contributed by atoms with Crippen LogP contribution in [0.25, 0.3) is 0 Å². The van der Waals surface area contributed by atoms with Gasteiger partial charge in [-0.3, -0.25) is 0 Å². The maximum Gasteiger partial charge on any atom is 0.134 e. The standard InChI is InChI=1S/C22H26O2S2/c1-6-20(2,3)14-10-16-19(24)18(11-14)25-26-22(16)12-21(4,5)13-7-8-17(23)15(22)9-13/h7-11,23-24H,6,12H2,1-5H3/t22-/m0/s1. The molecule has 2 N–H and O–H groups in total. The largest absolute Gasteiger partial charge is 0.508 e. The van der Waals surface area contributed by atoms with Crippen molar-refractivity contribution in [3.63, 3.8) is 0 Å². The quantitative estimate of drug-likeness (QED) is 0.581. The average molecular weight is 387 g/mol. The zero-order valence-corrected chi connectivity index (χ0v) is 17.6. The molecule has 2 aromatic rings. The summed E-state index contributed by atoms with van der Waals surface area (Å²) in [5.74, 6) is 0.701. The minimum atomic E-state index is -0.427. The van der Waals surface area contributed by atoms with Crippen molar-refractivity contribution in [2.45, 2.75) is 67.9 Å². The predicted molar refractivity (Wildman–Crippen MR) is 111 cm³/mol. The second kappa shape index (κ2) is 5.62. The van der Waals surface area contributed by atoms with Gasteiger partial charge in [0, 0.05) is 11.1 Å². The third-order valence-corrected chi connectivity index (χ3v) is 9.44. The van der Waals surface area contributed by atoms with Gasteiger partial charge in [-0.1, -0.05) is 62.3 Å². The highest BCUT2D eigenvalue weighted by molar-refractivity contribution is 8.77. The van der Waals surface area contributed by atoms with E-state index in [-0.39, 0.29) is 10.8 Å². The Labute approximate surface area is 163 Å².